The molecule has 0 saturated carbocycles. The highest BCUT2D eigenvalue weighted by molar-refractivity contribution is 5.44. The summed E-state index contributed by atoms with van der Waals surface area (Å²) >= 11 is 0. The number of nitriles is 1. The lowest BCUT2D eigenvalue weighted by Crippen LogP contribution is -2.29. The summed E-state index contributed by atoms with van der Waals surface area (Å²) in [6, 6.07) is 1.98. The Balaban J connectivity index is 2.75. The van der Waals surface area contributed by atoms with Gasteiger partial charge in [-0.1, -0.05) is 0 Å². The van der Waals surface area contributed by atoms with E-state index in [4.69, 9.17) is 5.26 Å². The monoisotopic (exact) mass is 189 g/mol. The van der Waals surface area contributed by atoms with Crippen LogP contribution in [0.4, 0.5) is 0 Å². The van der Waals surface area contributed by atoms with Gasteiger partial charge < -0.3 is 10.3 Å². The molecule has 4 nitrogen and oxygen atoms in total. The van der Waals surface area contributed by atoms with Gasteiger partial charge in [-0.2, -0.15) is 5.26 Å². The predicted octanol–water partition coefficient (Wildman–Crippen LogP) is 0.201. The van der Waals surface area contributed by atoms with Crippen LogP contribution in [0.5, 0.6) is 0 Å². The Morgan fingerprint density at radius 2 is 2.21 bits per heavy atom. The smallest absolute Gasteiger partial charge is 0.266 e. The van der Waals surface area contributed by atoms with E-state index >= 15 is 0 Å². The highest BCUT2D eigenvalue weighted by Gasteiger charge is 2.17. The molecule has 0 aliphatic carbocycles. The lowest BCUT2D eigenvalue weighted by atomic mass is 9.96. The highest BCUT2D eigenvalue weighted by Crippen LogP contribution is 2.17. The molecule has 0 fully saturated rings. The Hall–Kier alpha value is -1.60. The van der Waals surface area contributed by atoms with Crippen molar-refractivity contribution in [1.82, 2.24) is 10.3 Å². The van der Waals surface area contributed by atoms with Gasteiger partial charge in [0.05, 0.1) is 0 Å². The van der Waals surface area contributed by atoms with Gasteiger partial charge in [0, 0.05) is 12.2 Å². The molecule has 0 amide bonds. The SMILES string of the molecule is Cc1[nH]c(=O)c(C#N)c2c1CNCC2. The molecule has 14 heavy (non-hydrogen) atoms. The second kappa shape index (κ2) is 3.28. The molecule has 2 heterocycles. The van der Waals surface area contributed by atoms with Gasteiger partial charge in [0.2, 0.25) is 0 Å². The van der Waals surface area contributed by atoms with E-state index in [1.165, 1.54) is 0 Å². The molecule has 0 radical (unpaired) electrons. The summed E-state index contributed by atoms with van der Waals surface area (Å²) in [6.07, 6.45) is 0.767. The number of pyridine rings is 1. The molecular weight excluding hydrogens is 178 g/mol. The number of fused-ring (bicyclic) bond motifs is 1. The largest absolute Gasteiger partial charge is 0.325 e. The van der Waals surface area contributed by atoms with Crippen molar-refractivity contribution < 1.29 is 0 Å². The van der Waals surface area contributed by atoms with Crippen molar-refractivity contribution >= 4 is 0 Å². The second-order valence-corrected chi connectivity index (χ2v) is 3.45. The van der Waals surface area contributed by atoms with Crippen molar-refractivity contribution in [2.75, 3.05) is 6.54 Å². The lowest BCUT2D eigenvalue weighted by molar-refractivity contribution is 0.633. The minimum absolute atomic E-state index is 0.259. The minimum Gasteiger partial charge on any atom is -0.325 e. The summed E-state index contributed by atoms with van der Waals surface area (Å²) in [4.78, 5) is 14.1. The number of hydrogen-bond acceptors (Lipinski definition) is 3. The van der Waals surface area contributed by atoms with E-state index in [-0.39, 0.29) is 11.1 Å². The number of rotatable bonds is 0. The van der Waals surface area contributed by atoms with Crippen LogP contribution in [0.15, 0.2) is 4.79 Å². The van der Waals surface area contributed by atoms with E-state index in [0.717, 1.165) is 36.3 Å². The van der Waals surface area contributed by atoms with Crippen LogP contribution < -0.4 is 10.9 Å². The Bertz CT molecular complexity index is 467. The fourth-order valence-corrected chi connectivity index (χ4v) is 1.88. The molecule has 0 spiro atoms. The topological polar surface area (TPSA) is 68.7 Å². The number of hydrogen-bond donors (Lipinski definition) is 2. The Morgan fingerprint density at radius 1 is 1.43 bits per heavy atom. The third-order valence-corrected chi connectivity index (χ3v) is 2.61. The summed E-state index contributed by atoms with van der Waals surface area (Å²) in [6.45, 7) is 3.45. The number of aromatic nitrogens is 1. The first-order chi connectivity index (χ1) is 6.74. The zero-order valence-electron chi connectivity index (χ0n) is 7.98. The number of aromatic amines is 1. The van der Waals surface area contributed by atoms with Crippen LogP contribution in [0.25, 0.3) is 0 Å². The lowest BCUT2D eigenvalue weighted by Gasteiger charge is -2.19. The summed E-state index contributed by atoms with van der Waals surface area (Å²) in [5, 5.41) is 12.1. The maximum absolute atomic E-state index is 11.4. The van der Waals surface area contributed by atoms with Gasteiger partial charge in [-0.3, -0.25) is 4.79 Å². The van der Waals surface area contributed by atoms with Gasteiger partial charge in [-0.15, -0.1) is 0 Å². The van der Waals surface area contributed by atoms with Crippen molar-refractivity contribution in [3.8, 4) is 6.07 Å². The van der Waals surface area contributed by atoms with E-state index in [0.29, 0.717) is 0 Å². The molecule has 0 bridgehead atoms. The number of aryl methyl sites for hydroxylation is 1. The molecule has 0 saturated heterocycles. The summed E-state index contributed by atoms with van der Waals surface area (Å²) in [7, 11) is 0. The molecular formula is C10H11N3O. The van der Waals surface area contributed by atoms with Crippen molar-refractivity contribution in [3.63, 3.8) is 0 Å². The van der Waals surface area contributed by atoms with Gasteiger partial charge in [-0.05, 0) is 31.0 Å². The molecule has 4 heteroatoms. The average molecular weight is 189 g/mol. The number of nitrogens with zero attached hydrogens (tertiary/aromatic N) is 1. The summed E-state index contributed by atoms with van der Waals surface area (Å²) < 4.78 is 0. The fourth-order valence-electron chi connectivity index (χ4n) is 1.88. The predicted molar refractivity (Wildman–Crippen MR) is 51.9 cm³/mol. The minimum atomic E-state index is -0.259. The van der Waals surface area contributed by atoms with Gasteiger partial charge in [0.25, 0.3) is 5.56 Å². The van der Waals surface area contributed by atoms with Crippen LogP contribution in [-0.4, -0.2) is 11.5 Å². The van der Waals surface area contributed by atoms with E-state index < -0.39 is 0 Å². The molecule has 1 aromatic heterocycles. The van der Waals surface area contributed by atoms with Gasteiger partial charge >= 0.3 is 0 Å². The van der Waals surface area contributed by atoms with E-state index in [1.54, 1.807) is 0 Å². The first-order valence-corrected chi connectivity index (χ1v) is 4.59. The molecule has 2 rings (SSSR count). The molecule has 0 atom stereocenters. The van der Waals surface area contributed by atoms with E-state index in [1.807, 2.05) is 13.0 Å². The summed E-state index contributed by atoms with van der Waals surface area (Å²) in [5.41, 5.74) is 2.90. The maximum atomic E-state index is 11.4. The quantitative estimate of drug-likeness (QED) is 0.612. The molecule has 0 aromatic carbocycles. The van der Waals surface area contributed by atoms with Gasteiger partial charge in [0.1, 0.15) is 11.6 Å². The Morgan fingerprint density at radius 3 is 2.93 bits per heavy atom. The summed E-state index contributed by atoms with van der Waals surface area (Å²) in [5.74, 6) is 0. The van der Waals surface area contributed by atoms with Crippen LogP contribution in [0.2, 0.25) is 0 Å². The Kier molecular flexibility index (Phi) is 2.10. The fraction of sp³-hybridized carbons (Fsp3) is 0.400. The normalized spacial score (nSPS) is 14.6. The first kappa shape index (κ1) is 8.97. The molecule has 1 aliphatic rings. The second-order valence-electron chi connectivity index (χ2n) is 3.45. The van der Waals surface area contributed by atoms with Crippen LogP contribution in [-0.2, 0) is 13.0 Å². The number of nitrogens with one attached hydrogen (secondary N) is 2. The van der Waals surface area contributed by atoms with Crippen LogP contribution in [0.3, 0.4) is 0 Å². The van der Waals surface area contributed by atoms with Crippen LogP contribution in [0, 0.1) is 18.3 Å². The first-order valence-electron chi connectivity index (χ1n) is 4.59. The van der Waals surface area contributed by atoms with Crippen molar-refractivity contribution in [2.45, 2.75) is 19.9 Å². The standard InChI is InChI=1S/C10H11N3O/c1-6-9-5-12-3-2-7(9)8(4-11)10(14)13-6/h12H,2-3,5H2,1H3,(H,13,14). The zero-order chi connectivity index (χ0) is 10.1. The average Bonchev–Trinajstić information content (AvgIpc) is 2.18. The van der Waals surface area contributed by atoms with Gasteiger partial charge in [-0.25, -0.2) is 0 Å². The van der Waals surface area contributed by atoms with Crippen molar-refractivity contribution in [3.05, 3.63) is 32.7 Å². The molecule has 2 N–H and O–H groups in total. The molecule has 1 aromatic rings. The highest BCUT2D eigenvalue weighted by atomic mass is 16.1. The zero-order valence-corrected chi connectivity index (χ0v) is 7.98. The van der Waals surface area contributed by atoms with Crippen molar-refractivity contribution in [2.24, 2.45) is 0 Å². The van der Waals surface area contributed by atoms with Crippen LogP contribution in [0.1, 0.15) is 22.4 Å². The third kappa shape index (κ3) is 1.22. The van der Waals surface area contributed by atoms with Crippen molar-refractivity contribution in [1.29, 1.82) is 5.26 Å². The van der Waals surface area contributed by atoms with E-state index in [2.05, 4.69) is 10.3 Å². The van der Waals surface area contributed by atoms with Crippen LogP contribution >= 0.6 is 0 Å². The maximum Gasteiger partial charge on any atom is 0.266 e. The Labute approximate surface area is 81.6 Å². The number of H-pyrrole nitrogens is 1. The third-order valence-electron chi connectivity index (χ3n) is 2.61. The van der Waals surface area contributed by atoms with Gasteiger partial charge in [0.15, 0.2) is 0 Å². The molecule has 1 aliphatic heterocycles. The van der Waals surface area contributed by atoms with E-state index in [9.17, 15) is 4.79 Å². The molecule has 72 valence electrons. The molecule has 0 unspecified atom stereocenters.